The highest BCUT2D eigenvalue weighted by molar-refractivity contribution is 14.0. The van der Waals surface area contributed by atoms with E-state index < -0.39 is 0 Å². The van der Waals surface area contributed by atoms with Crippen molar-refractivity contribution in [3.05, 3.63) is 11.6 Å². The number of aliphatic imine (C=N–C) groups is 1. The lowest BCUT2D eigenvalue weighted by atomic mass is 10.3. The van der Waals surface area contributed by atoms with Crippen molar-refractivity contribution in [2.24, 2.45) is 4.99 Å². The molecule has 1 aromatic heterocycles. The Hall–Kier alpha value is -0.0200. The summed E-state index contributed by atoms with van der Waals surface area (Å²) in [6.07, 6.45) is 5.37. The van der Waals surface area contributed by atoms with Gasteiger partial charge in [0.15, 0.2) is 5.96 Å². The third-order valence-corrected chi connectivity index (χ3v) is 4.79. The second kappa shape index (κ2) is 13.6. The molecular weight excluding hydrogens is 415 g/mol. The smallest absolute Gasteiger partial charge is 0.193 e. The van der Waals surface area contributed by atoms with Crippen molar-refractivity contribution in [1.82, 2.24) is 15.2 Å². The molecule has 4 nitrogen and oxygen atoms in total. The average Bonchev–Trinajstić information content (AvgIpc) is 2.96. The van der Waals surface area contributed by atoms with Crippen LogP contribution in [-0.2, 0) is 0 Å². The van der Waals surface area contributed by atoms with Gasteiger partial charge >= 0.3 is 0 Å². The van der Waals surface area contributed by atoms with E-state index in [9.17, 15) is 0 Å². The third-order valence-electron chi connectivity index (χ3n) is 2.74. The quantitative estimate of drug-likeness (QED) is 0.207. The van der Waals surface area contributed by atoms with Gasteiger partial charge in [0.05, 0.1) is 0 Å². The van der Waals surface area contributed by atoms with Crippen molar-refractivity contribution in [3.63, 3.8) is 0 Å². The van der Waals surface area contributed by atoms with Crippen LogP contribution in [0, 0.1) is 0 Å². The van der Waals surface area contributed by atoms with Crippen LogP contribution in [0.25, 0.3) is 0 Å². The molecule has 1 heterocycles. The molecule has 0 amide bonds. The van der Waals surface area contributed by atoms with Gasteiger partial charge in [0.2, 0.25) is 0 Å². The zero-order chi connectivity index (χ0) is 14.6. The molecular formula is C14H27IN4S2. The van der Waals surface area contributed by atoms with Crippen LogP contribution in [0.2, 0.25) is 0 Å². The van der Waals surface area contributed by atoms with Crippen LogP contribution in [-0.4, -0.2) is 48.3 Å². The first-order valence-corrected chi connectivity index (χ1v) is 9.16. The van der Waals surface area contributed by atoms with Crippen LogP contribution >= 0.6 is 47.1 Å². The van der Waals surface area contributed by atoms with E-state index in [-0.39, 0.29) is 24.0 Å². The number of hydrogen-bond acceptors (Lipinski definition) is 4. The van der Waals surface area contributed by atoms with Gasteiger partial charge in [-0.1, -0.05) is 25.1 Å². The molecule has 0 saturated heterocycles. The maximum Gasteiger partial charge on any atom is 0.193 e. The van der Waals surface area contributed by atoms with E-state index in [0.717, 1.165) is 42.1 Å². The summed E-state index contributed by atoms with van der Waals surface area (Å²) in [7, 11) is 2.11. The number of halogens is 1. The Morgan fingerprint density at radius 1 is 1.43 bits per heavy atom. The fraction of sp³-hybridized carbons (Fsp3) is 0.714. The normalized spacial score (nSPS) is 11.1. The molecule has 0 saturated carbocycles. The average molecular weight is 442 g/mol. The molecule has 7 heteroatoms. The Balaban J connectivity index is 0.00000400. The third kappa shape index (κ3) is 9.57. The highest BCUT2D eigenvalue weighted by Crippen LogP contribution is 2.20. The van der Waals surface area contributed by atoms with Crippen LogP contribution in [0.5, 0.6) is 0 Å². The minimum atomic E-state index is 0. The first-order valence-electron chi connectivity index (χ1n) is 7.29. The molecule has 0 aliphatic heterocycles. The maximum absolute atomic E-state index is 4.69. The fourth-order valence-corrected chi connectivity index (χ4v) is 3.29. The number of thioether (sulfide) groups is 1. The van der Waals surface area contributed by atoms with E-state index in [1.807, 2.05) is 23.3 Å². The van der Waals surface area contributed by atoms with Gasteiger partial charge in [-0.3, -0.25) is 4.99 Å². The second-order valence-corrected chi connectivity index (χ2v) is 6.75. The van der Waals surface area contributed by atoms with Gasteiger partial charge < -0.3 is 10.2 Å². The molecule has 0 bridgehead atoms. The Kier molecular flexibility index (Phi) is 13.6. The topological polar surface area (TPSA) is 40.5 Å². The summed E-state index contributed by atoms with van der Waals surface area (Å²) in [6, 6.07) is 0. The summed E-state index contributed by atoms with van der Waals surface area (Å²) in [6.45, 7) is 7.19. The van der Waals surface area contributed by atoms with Crippen LogP contribution in [0.3, 0.4) is 0 Å². The van der Waals surface area contributed by atoms with Crippen molar-refractivity contribution < 1.29 is 0 Å². The van der Waals surface area contributed by atoms with Crippen LogP contribution in [0.4, 0.5) is 0 Å². The highest BCUT2D eigenvalue weighted by Gasteiger charge is 2.04. The number of guanidine groups is 1. The zero-order valence-corrected chi connectivity index (χ0v) is 17.1. The number of hydrogen-bond donors (Lipinski definition) is 1. The van der Waals surface area contributed by atoms with Gasteiger partial charge in [-0.25, -0.2) is 4.98 Å². The van der Waals surface area contributed by atoms with E-state index in [1.54, 1.807) is 11.3 Å². The molecule has 1 N–H and O–H groups in total. The number of aromatic nitrogens is 1. The van der Waals surface area contributed by atoms with Gasteiger partial charge in [-0.2, -0.15) is 0 Å². The molecule has 1 rings (SSSR count). The van der Waals surface area contributed by atoms with Crippen LogP contribution < -0.4 is 5.32 Å². The second-order valence-electron chi connectivity index (χ2n) is 4.51. The predicted molar refractivity (Wildman–Crippen MR) is 106 cm³/mol. The van der Waals surface area contributed by atoms with E-state index in [2.05, 4.69) is 41.1 Å². The monoisotopic (exact) mass is 442 g/mol. The maximum atomic E-state index is 4.69. The minimum Gasteiger partial charge on any atom is -0.357 e. The van der Waals surface area contributed by atoms with Crippen molar-refractivity contribution in [3.8, 4) is 0 Å². The van der Waals surface area contributed by atoms with Gasteiger partial charge in [0, 0.05) is 44.0 Å². The lowest BCUT2D eigenvalue weighted by Gasteiger charge is -2.21. The molecule has 1 aromatic rings. The molecule has 0 unspecified atom stereocenters. The van der Waals surface area contributed by atoms with Gasteiger partial charge in [0.25, 0.3) is 0 Å². The standard InChI is InChI=1S/C14H26N4S2.HI/c1-4-6-10-18(3)13(15-5-2)16-8-7-11-19-14-17-9-12-20-14;/h9,12H,4-8,10-11H2,1-3H3,(H,15,16);1H. The van der Waals surface area contributed by atoms with Crippen molar-refractivity contribution in [2.45, 2.75) is 37.4 Å². The highest BCUT2D eigenvalue weighted by atomic mass is 127. The number of nitrogens with one attached hydrogen (secondary N) is 1. The van der Waals surface area contributed by atoms with Crippen LogP contribution in [0.1, 0.15) is 33.1 Å². The van der Waals surface area contributed by atoms with E-state index in [4.69, 9.17) is 0 Å². The number of thiazole rings is 1. The van der Waals surface area contributed by atoms with Crippen molar-refractivity contribution in [1.29, 1.82) is 0 Å². The Morgan fingerprint density at radius 2 is 2.24 bits per heavy atom. The summed E-state index contributed by atoms with van der Waals surface area (Å²) in [4.78, 5) is 11.2. The molecule has 0 radical (unpaired) electrons. The summed E-state index contributed by atoms with van der Waals surface area (Å²) in [5.41, 5.74) is 0. The fourth-order valence-electron chi connectivity index (χ4n) is 1.66. The lowest BCUT2D eigenvalue weighted by Crippen LogP contribution is -2.39. The van der Waals surface area contributed by atoms with E-state index >= 15 is 0 Å². The summed E-state index contributed by atoms with van der Waals surface area (Å²) in [5, 5.41) is 5.37. The number of unbranched alkanes of at least 4 members (excludes halogenated alkanes) is 1. The molecule has 0 aromatic carbocycles. The molecule has 0 spiro atoms. The summed E-state index contributed by atoms with van der Waals surface area (Å²) in [5.74, 6) is 2.11. The predicted octanol–water partition coefficient (Wildman–Crippen LogP) is 3.94. The van der Waals surface area contributed by atoms with Gasteiger partial charge in [-0.05, 0) is 19.8 Å². The Labute approximate surface area is 154 Å². The first-order chi connectivity index (χ1) is 9.77. The van der Waals surface area contributed by atoms with E-state index in [0.29, 0.717) is 0 Å². The zero-order valence-electron chi connectivity index (χ0n) is 13.2. The van der Waals surface area contributed by atoms with Crippen LogP contribution in [0.15, 0.2) is 20.9 Å². The molecule has 0 aliphatic carbocycles. The van der Waals surface area contributed by atoms with Crippen molar-refractivity contribution in [2.75, 3.05) is 32.4 Å². The molecule has 0 atom stereocenters. The molecule has 0 aliphatic rings. The molecule has 0 fully saturated rings. The lowest BCUT2D eigenvalue weighted by molar-refractivity contribution is 0.465. The largest absolute Gasteiger partial charge is 0.357 e. The Bertz CT molecular complexity index is 371. The molecule has 122 valence electrons. The Morgan fingerprint density at radius 3 is 2.86 bits per heavy atom. The molecule has 21 heavy (non-hydrogen) atoms. The SMILES string of the molecule is CCCCN(C)C(=NCCCSc1nccs1)NCC.I. The summed E-state index contributed by atoms with van der Waals surface area (Å²) >= 11 is 3.52. The van der Waals surface area contributed by atoms with Gasteiger partial charge in [-0.15, -0.1) is 35.3 Å². The van der Waals surface area contributed by atoms with E-state index in [1.165, 1.54) is 12.8 Å². The van der Waals surface area contributed by atoms with Gasteiger partial charge in [0.1, 0.15) is 4.34 Å². The minimum absolute atomic E-state index is 0. The number of nitrogens with zero attached hydrogens (tertiary/aromatic N) is 3. The first kappa shape index (κ1) is 21.0. The van der Waals surface area contributed by atoms with Crippen molar-refractivity contribution >= 4 is 53.0 Å². The number of rotatable bonds is 9. The summed E-state index contributed by atoms with van der Waals surface area (Å²) < 4.78 is 1.15.